The molecule has 0 saturated heterocycles. The van der Waals surface area contributed by atoms with Gasteiger partial charge >= 0.3 is 0 Å². The van der Waals surface area contributed by atoms with Gasteiger partial charge in [0.2, 0.25) is 0 Å². The highest BCUT2D eigenvalue weighted by molar-refractivity contribution is 7.13. The summed E-state index contributed by atoms with van der Waals surface area (Å²) in [6.07, 6.45) is 10.9. The Labute approximate surface area is 194 Å². The number of allylic oxidation sites excluding steroid dienone is 10. The van der Waals surface area contributed by atoms with Crippen LogP contribution in [0.2, 0.25) is 0 Å². The van der Waals surface area contributed by atoms with Crippen LogP contribution < -0.4 is 0 Å². The third-order valence-electron chi connectivity index (χ3n) is 4.15. The van der Waals surface area contributed by atoms with Crippen LogP contribution in [0, 0.1) is 5.82 Å². The molecule has 1 aromatic carbocycles. The molecule has 0 amide bonds. The van der Waals surface area contributed by atoms with Gasteiger partial charge in [0.15, 0.2) is 0 Å². The number of hydrogen-bond donors (Lipinski definition) is 0. The Balaban J connectivity index is 0.00000212. The maximum atomic E-state index is 14.6. The molecule has 1 aromatic heterocycles. The van der Waals surface area contributed by atoms with Crippen molar-refractivity contribution in [2.75, 3.05) is 0 Å². The second-order valence-electron chi connectivity index (χ2n) is 6.07. The molecule has 0 atom stereocenters. The number of halogens is 1. The van der Waals surface area contributed by atoms with E-state index in [4.69, 9.17) is 7.85 Å². The molecule has 0 aliphatic heterocycles. The van der Waals surface area contributed by atoms with Crippen molar-refractivity contribution >= 4 is 24.8 Å². The van der Waals surface area contributed by atoms with E-state index in [1.165, 1.54) is 0 Å². The highest BCUT2D eigenvalue weighted by Gasteiger charge is 2.07. The Hall–Kier alpha value is -2.65. The first-order valence-electron chi connectivity index (χ1n) is 10.6. The lowest BCUT2D eigenvalue weighted by Gasteiger charge is -2.06. The number of rotatable bonds is 7. The summed E-state index contributed by atoms with van der Waals surface area (Å²) >= 11 is 1.60. The van der Waals surface area contributed by atoms with E-state index in [-0.39, 0.29) is 5.82 Å². The maximum absolute atomic E-state index is 14.6. The van der Waals surface area contributed by atoms with E-state index in [0.29, 0.717) is 11.0 Å². The van der Waals surface area contributed by atoms with Gasteiger partial charge in [0.1, 0.15) is 13.7 Å². The summed E-state index contributed by atoms with van der Waals surface area (Å²) in [6.45, 7) is 19.3. The quantitative estimate of drug-likeness (QED) is 0.302. The Morgan fingerprint density at radius 2 is 1.61 bits per heavy atom. The fourth-order valence-corrected chi connectivity index (χ4v) is 3.21. The smallest absolute Gasteiger partial charge is 0.131 e. The van der Waals surface area contributed by atoms with Crippen molar-refractivity contribution in [1.82, 2.24) is 0 Å². The highest BCUT2D eigenvalue weighted by Crippen LogP contribution is 2.28. The minimum Gasteiger partial charge on any atom is -0.206 e. The van der Waals surface area contributed by atoms with Gasteiger partial charge in [-0.15, -0.1) is 11.3 Å². The summed E-state index contributed by atoms with van der Waals surface area (Å²) in [6, 6.07) is 9.32. The van der Waals surface area contributed by atoms with Gasteiger partial charge in [-0.05, 0) is 53.6 Å². The predicted octanol–water partition coefficient (Wildman–Crippen LogP) is 9.31. The molecular formula is C28H34BFS. The van der Waals surface area contributed by atoms with Crippen molar-refractivity contribution in [2.24, 2.45) is 0 Å². The molecule has 2 aromatic rings. The second-order valence-corrected chi connectivity index (χ2v) is 7.02. The van der Waals surface area contributed by atoms with Gasteiger partial charge in [0.25, 0.3) is 0 Å². The van der Waals surface area contributed by atoms with E-state index >= 15 is 0 Å². The molecule has 0 aliphatic carbocycles. The molecule has 2 radical (unpaired) electrons. The standard InChI is InChI=1S/C24H22BFS.2C2H6/c1-5-19(17(3)10-13-21(25)6-2)11-9-18(4)22-14-12-20(16-23(22)26)24-8-7-15-27-24;2*1-2/h5-16H,1-2H2,3-4H3;2*1-2H3/b17-10+,18-9+,19-11+,21-13+;;. The Morgan fingerprint density at radius 3 is 2.13 bits per heavy atom. The normalized spacial score (nSPS) is 12.2. The molecule has 1 heterocycles. The van der Waals surface area contributed by atoms with E-state index < -0.39 is 0 Å². The first kappa shape index (κ1) is 28.4. The van der Waals surface area contributed by atoms with Crippen LogP contribution in [0.15, 0.2) is 102 Å². The van der Waals surface area contributed by atoms with Gasteiger partial charge in [-0.25, -0.2) is 4.39 Å². The zero-order valence-electron chi connectivity index (χ0n) is 19.7. The summed E-state index contributed by atoms with van der Waals surface area (Å²) in [5.41, 5.74) is 4.88. The average molecular weight is 432 g/mol. The molecule has 0 aliphatic rings. The van der Waals surface area contributed by atoms with Crippen molar-refractivity contribution in [1.29, 1.82) is 0 Å². The van der Waals surface area contributed by atoms with Crippen molar-refractivity contribution in [3.8, 4) is 10.4 Å². The zero-order valence-corrected chi connectivity index (χ0v) is 20.5. The monoisotopic (exact) mass is 432 g/mol. The van der Waals surface area contributed by atoms with Crippen molar-refractivity contribution < 1.29 is 4.39 Å². The third kappa shape index (κ3) is 9.36. The van der Waals surface area contributed by atoms with Crippen LogP contribution in [-0.4, -0.2) is 7.85 Å². The molecule has 0 unspecified atom stereocenters. The predicted molar refractivity (Wildman–Crippen MR) is 142 cm³/mol. The van der Waals surface area contributed by atoms with Crippen molar-refractivity contribution in [3.63, 3.8) is 0 Å². The Bertz CT molecular complexity index is 941. The first-order chi connectivity index (χ1) is 15.0. The first-order valence-corrected chi connectivity index (χ1v) is 11.5. The van der Waals surface area contributed by atoms with E-state index in [2.05, 4.69) is 13.2 Å². The zero-order chi connectivity index (χ0) is 23.8. The lowest BCUT2D eigenvalue weighted by atomic mass is 9.94. The van der Waals surface area contributed by atoms with Crippen LogP contribution in [0.4, 0.5) is 4.39 Å². The maximum Gasteiger partial charge on any atom is 0.131 e. The molecule has 0 spiro atoms. The van der Waals surface area contributed by atoms with Crippen molar-refractivity contribution in [3.05, 3.63) is 113 Å². The van der Waals surface area contributed by atoms with E-state index in [1.54, 1.807) is 35.6 Å². The molecule has 0 nitrogen and oxygen atoms in total. The molecule has 0 bridgehead atoms. The number of hydrogen-bond acceptors (Lipinski definition) is 1. The second kappa shape index (κ2) is 16.1. The minimum atomic E-state index is -0.225. The fourth-order valence-electron chi connectivity index (χ4n) is 2.48. The van der Waals surface area contributed by atoms with Crippen LogP contribution >= 0.6 is 11.3 Å². The summed E-state index contributed by atoms with van der Waals surface area (Å²) in [4.78, 5) is 1.06. The highest BCUT2D eigenvalue weighted by atomic mass is 32.1. The van der Waals surface area contributed by atoms with Gasteiger partial charge in [0, 0.05) is 10.4 Å². The van der Waals surface area contributed by atoms with Crippen LogP contribution in [0.3, 0.4) is 0 Å². The van der Waals surface area contributed by atoms with E-state index in [0.717, 1.165) is 27.2 Å². The molecule has 31 heavy (non-hydrogen) atoms. The van der Waals surface area contributed by atoms with Gasteiger partial charge in [-0.3, -0.25) is 0 Å². The lowest BCUT2D eigenvalue weighted by Crippen LogP contribution is -1.88. The fraction of sp³-hybridized carbons (Fsp3) is 0.214. The molecule has 0 fully saturated rings. The molecule has 162 valence electrons. The van der Waals surface area contributed by atoms with Gasteiger partial charge in [-0.2, -0.15) is 0 Å². The van der Waals surface area contributed by atoms with Crippen LogP contribution in [0.1, 0.15) is 47.1 Å². The van der Waals surface area contributed by atoms with Crippen LogP contribution in [0.5, 0.6) is 0 Å². The van der Waals surface area contributed by atoms with Gasteiger partial charge in [-0.1, -0.05) is 101 Å². The summed E-state index contributed by atoms with van der Waals surface area (Å²) in [5, 5.41) is 1.99. The molecule has 0 N–H and O–H groups in total. The van der Waals surface area contributed by atoms with Crippen LogP contribution in [-0.2, 0) is 0 Å². The topological polar surface area (TPSA) is 0 Å². The molecule has 0 saturated carbocycles. The van der Waals surface area contributed by atoms with Gasteiger partial charge < -0.3 is 0 Å². The average Bonchev–Trinajstić information content (AvgIpc) is 3.35. The molecule has 2 rings (SSSR count). The van der Waals surface area contributed by atoms with Gasteiger partial charge in [0.05, 0.1) is 0 Å². The SMILES string of the molecule is CC.CC.[B]/C(C=C)=C/C=C(C)/C(C=C)=C/C=C(\C)c1ccc(-c2cccs2)cc1F. The minimum absolute atomic E-state index is 0.225. The number of benzene rings is 1. The largest absolute Gasteiger partial charge is 0.206 e. The summed E-state index contributed by atoms with van der Waals surface area (Å²) in [7, 11) is 5.73. The Morgan fingerprint density at radius 1 is 0.935 bits per heavy atom. The molecule has 3 heteroatoms. The van der Waals surface area contributed by atoms with E-state index in [1.807, 2.05) is 89.4 Å². The van der Waals surface area contributed by atoms with E-state index in [9.17, 15) is 4.39 Å². The number of thiophene rings is 1. The lowest BCUT2D eigenvalue weighted by molar-refractivity contribution is 0.624. The van der Waals surface area contributed by atoms with Crippen molar-refractivity contribution in [2.45, 2.75) is 41.5 Å². The summed E-state index contributed by atoms with van der Waals surface area (Å²) < 4.78 is 14.6. The Kier molecular flexibility index (Phi) is 14.7. The third-order valence-corrected chi connectivity index (χ3v) is 5.07. The molecular weight excluding hydrogens is 398 g/mol. The summed E-state index contributed by atoms with van der Waals surface area (Å²) in [5.74, 6) is -0.225. The van der Waals surface area contributed by atoms with Crippen LogP contribution in [0.25, 0.3) is 16.0 Å².